The third-order valence-corrected chi connectivity index (χ3v) is 3.49. The number of rotatable bonds is 4. The molecule has 2 aromatic rings. The zero-order valence-electron chi connectivity index (χ0n) is 14.2. The number of hydrogen-bond acceptors (Lipinski definition) is 3. The molecule has 0 radical (unpaired) electrons. The lowest BCUT2D eigenvalue weighted by Gasteiger charge is -2.10. The Morgan fingerprint density at radius 2 is 1.79 bits per heavy atom. The predicted molar refractivity (Wildman–Crippen MR) is 99.1 cm³/mol. The van der Waals surface area contributed by atoms with Gasteiger partial charge in [0.25, 0.3) is 0 Å². The van der Waals surface area contributed by atoms with E-state index in [2.05, 4.69) is 15.8 Å². The van der Waals surface area contributed by atoms with E-state index < -0.39 is 23.7 Å². The first-order chi connectivity index (χ1) is 13.1. The molecule has 0 spiro atoms. The minimum atomic E-state index is -5.01. The van der Waals surface area contributed by atoms with Gasteiger partial charge in [0.1, 0.15) is 11.6 Å². The highest BCUT2D eigenvalue weighted by atomic mass is 32.1. The molecule has 2 rings (SSSR count). The Hall–Kier alpha value is -3.08. The maximum absolute atomic E-state index is 13.6. The van der Waals surface area contributed by atoms with Crippen molar-refractivity contribution in [2.75, 3.05) is 10.6 Å². The van der Waals surface area contributed by atoms with Gasteiger partial charge in [-0.05, 0) is 49.0 Å². The molecule has 0 aliphatic rings. The fraction of sp³-hybridized carbons (Fsp3) is 0.118. The molecule has 0 saturated heterocycles. The first kappa shape index (κ1) is 21.2. The largest absolute Gasteiger partial charge is 0.471 e. The molecule has 0 saturated carbocycles. The van der Waals surface area contributed by atoms with Crippen LogP contribution < -0.4 is 16.1 Å². The number of anilines is 2. The topological polar surface area (TPSA) is 65.5 Å². The maximum Gasteiger partial charge on any atom is 0.471 e. The molecule has 0 bridgehead atoms. The third kappa shape index (κ3) is 5.98. The minimum absolute atomic E-state index is 0.0661. The molecule has 0 fully saturated rings. The molecule has 1 amide bonds. The van der Waals surface area contributed by atoms with Gasteiger partial charge in [-0.1, -0.05) is 12.1 Å². The molecule has 5 nitrogen and oxygen atoms in total. The number of carbonyl (C=O) groups is 1. The summed E-state index contributed by atoms with van der Waals surface area (Å²) in [6.07, 6.45) is -5.01. The van der Waals surface area contributed by atoms with E-state index in [9.17, 15) is 26.7 Å². The van der Waals surface area contributed by atoms with Crippen molar-refractivity contribution >= 4 is 40.3 Å². The zero-order valence-corrected chi connectivity index (χ0v) is 15.0. The van der Waals surface area contributed by atoms with Crippen LogP contribution in [-0.2, 0) is 4.79 Å². The second kappa shape index (κ2) is 8.74. The molecule has 0 aliphatic heterocycles. The van der Waals surface area contributed by atoms with Crippen LogP contribution in [0.5, 0.6) is 0 Å². The van der Waals surface area contributed by atoms with E-state index in [4.69, 9.17) is 12.2 Å². The Balaban J connectivity index is 2.03. The van der Waals surface area contributed by atoms with E-state index in [1.807, 2.05) is 0 Å². The van der Waals surface area contributed by atoms with Crippen molar-refractivity contribution in [3.8, 4) is 0 Å². The number of hydrogen-bond donors (Lipinski definition) is 3. The standard InChI is InChI=1S/C17H13F5N4OS/c1-9(10-3-2-4-12(7-10)23-15(27)17(20,21)22)25-26-16(28)24-14-6-5-11(18)8-13(14)19/h2-8H,1H3,(H,23,27)(H2,24,26,28)/b25-9+. The predicted octanol–water partition coefficient (Wildman–Crippen LogP) is 4.18. The van der Waals surface area contributed by atoms with Crippen LogP contribution in [0.25, 0.3) is 0 Å². The lowest BCUT2D eigenvalue weighted by Crippen LogP contribution is -2.30. The summed E-state index contributed by atoms with van der Waals surface area (Å²) in [5.41, 5.74) is 3.04. The van der Waals surface area contributed by atoms with Crippen molar-refractivity contribution in [1.29, 1.82) is 0 Å². The molecule has 0 heterocycles. The van der Waals surface area contributed by atoms with Crippen LogP contribution in [0.2, 0.25) is 0 Å². The number of nitrogens with one attached hydrogen (secondary N) is 3. The molecule has 148 valence electrons. The zero-order chi connectivity index (χ0) is 20.9. The first-order valence-electron chi connectivity index (χ1n) is 7.61. The summed E-state index contributed by atoms with van der Waals surface area (Å²) in [5, 5.41) is 8.07. The molecule has 2 aromatic carbocycles. The number of thiocarbonyl (C=S) groups is 1. The highest BCUT2D eigenvalue weighted by Gasteiger charge is 2.38. The number of hydrazone groups is 1. The summed E-state index contributed by atoms with van der Waals surface area (Å²) in [6.45, 7) is 1.54. The Labute approximate surface area is 161 Å². The number of amides is 1. The molecule has 28 heavy (non-hydrogen) atoms. The average molecular weight is 416 g/mol. The van der Waals surface area contributed by atoms with Crippen LogP contribution in [0, 0.1) is 11.6 Å². The summed E-state index contributed by atoms with van der Waals surface area (Å²) in [7, 11) is 0. The van der Waals surface area contributed by atoms with Crippen LogP contribution in [-0.4, -0.2) is 22.9 Å². The first-order valence-corrected chi connectivity index (χ1v) is 8.02. The lowest BCUT2D eigenvalue weighted by molar-refractivity contribution is -0.167. The van der Waals surface area contributed by atoms with Crippen molar-refractivity contribution in [1.82, 2.24) is 5.43 Å². The SMILES string of the molecule is C/C(=N\NC(=S)Nc1ccc(F)cc1F)c1cccc(NC(=O)C(F)(F)F)c1. The van der Waals surface area contributed by atoms with E-state index in [1.165, 1.54) is 18.2 Å². The van der Waals surface area contributed by atoms with Crippen LogP contribution in [0.15, 0.2) is 47.6 Å². The van der Waals surface area contributed by atoms with Gasteiger partial charge in [0.2, 0.25) is 0 Å². The number of nitrogens with zero attached hydrogens (tertiary/aromatic N) is 1. The van der Waals surface area contributed by atoms with Gasteiger partial charge in [-0.2, -0.15) is 18.3 Å². The van der Waals surface area contributed by atoms with E-state index in [0.717, 1.165) is 12.1 Å². The highest BCUT2D eigenvalue weighted by molar-refractivity contribution is 7.80. The normalized spacial score (nSPS) is 11.7. The fourth-order valence-electron chi connectivity index (χ4n) is 1.96. The molecular formula is C17H13F5N4OS. The summed E-state index contributed by atoms with van der Waals surface area (Å²) in [6, 6.07) is 8.45. The van der Waals surface area contributed by atoms with Crippen molar-refractivity contribution in [2.45, 2.75) is 13.1 Å². The quantitative estimate of drug-likeness (QED) is 0.303. The van der Waals surface area contributed by atoms with Crippen LogP contribution in [0.4, 0.5) is 33.3 Å². The number of halogens is 5. The second-order valence-electron chi connectivity index (χ2n) is 5.42. The Kier molecular flexibility index (Phi) is 6.62. The van der Waals surface area contributed by atoms with E-state index >= 15 is 0 Å². The molecule has 11 heteroatoms. The molecule has 3 N–H and O–H groups in total. The van der Waals surface area contributed by atoms with Crippen molar-refractivity contribution < 1.29 is 26.7 Å². The summed E-state index contributed by atoms with van der Waals surface area (Å²) >= 11 is 4.95. The molecule has 0 atom stereocenters. The molecule has 0 aromatic heterocycles. The van der Waals surface area contributed by atoms with E-state index in [0.29, 0.717) is 17.3 Å². The minimum Gasteiger partial charge on any atom is -0.329 e. The molecular weight excluding hydrogens is 403 g/mol. The van der Waals surface area contributed by atoms with E-state index in [-0.39, 0.29) is 16.5 Å². The average Bonchev–Trinajstić information content (AvgIpc) is 2.61. The van der Waals surface area contributed by atoms with E-state index in [1.54, 1.807) is 18.3 Å². The second-order valence-corrected chi connectivity index (χ2v) is 5.83. The van der Waals surface area contributed by atoms with Gasteiger partial charge >= 0.3 is 12.1 Å². The Morgan fingerprint density at radius 1 is 1.07 bits per heavy atom. The Bertz CT molecular complexity index is 930. The highest BCUT2D eigenvalue weighted by Crippen LogP contribution is 2.19. The number of carbonyl (C=O) groups excluding carboxylic acids is 1. The monoisotopic (exact) mass is 416 g/mol. The summed E-state index contributed by atoms with van der Waals surface area (Å²) in [5.74, 6) is -3.68. The van der Waals surface area contributed by atoms with Gasteiger partial charge in [-0.15, -0.1) is 0 Å². The number of benzene rings is 2. The molecule has 0 aliphatic carbocycles. The van der Waals surface area contributed by atoms with Gasteiger partial charge in [0.15, 0.2) is 5.11 Å². The van der Waals surface area contributed by atoms with Gasteiger partial charge in [0.05, 0.1) is 11.4 Å². The molecule has 0 unspecified atom stereocenters. The van der Waals surface area contributed by atoms with Crippen LogP contribution in [0.3, 0.4) is 0 Å². The van der Waals surface area contributed by atoms with Crippen molar-refractivity contribution in [3.63, 3.8) is 0 Å². The maximum atomic E-state index is 13.6. The summed E-state index contributed by atoms with van der Waals surface area (Å²) < 4.78 is 63.4. The fourth-order valence-corrected chi connectivity index (χ4v) is 2.12. The smallest absolute Gasteiger partial charge is 0.329 e. The van der Waals surface area contributed by atoms with Crippen LogP contribution >= 0.6 is 12.2 Å². The van der Waals surface area contributed by atoms with Gasteiger partial charge in [-0.3, -0.25) is 10.2 Å². The van der Waals surface area contributed by atoms with Crippen molar-refractivity contribution in [3.05, 3.63) is 59.7 Å². The van der Waals surface area contributed by atoms with Gasteiger partial charge < -0.3 is 10.6 Å². The third-order valence-electron chi connectivity index (χ3n) is 3.30. The van der Waals surface area contributed by atoms with Crippen molar-refractivity contribution in [2.24, 2.45) is 5.10 Å². The summed E-state index contributed by atoms with van der Waals surface area (Å²) in [4.78, 5) is 11.0. The van der Waals surface area contributed by atoms with Crippen LogP contribution in [0.1, 0.15) is 12.5 Å². The van der Waals surface area contributed by atoms with Gasteiger partial charge in [0, 0.05) is 11.8 Å². The van der Waals surface area contributed by atoms with Gasteiger partial charge in [-0.25, -0.2) is 8.78 Å². The lowest BCUT2D eigenvalue weighted by atomic mass is 10.1. The number of alkyl halides is 3. The Morgan fingerprint density at radius 3 is 2.43 bits per heavy atom.